The van der Waals surface area contributed by atoms with E-state index in [1.54, 1.807) is 0 Å². The quantitative estimate of drug-likeness (QED) is 0.830. The molecule has 2 aliphatic rings. The summed E-state index contributed by atoms with van der Waals surface area (Å²) in [7, 11) is 0. The van der Waals surface area contributed by atoms with Crippen LogP contribution in [0.1, 0.15) is 56.7 Å². The van der Waals surface area contributed by atoms with E-state index in [2.05, 4.69) is 33.8 Å². The Morgan fingerprint density at radius 3 is 2.95 bits per heavy atom. The van der Waals surface area contributed by atoms with Gasteiger partial charge < -0.3 is 4.42 Å². The maximum atomic E-state index is 5.78. The molecule has 1 saturated carbocycles. The number of likely N-dealkylation sites (tertiary alicyclic amines) is 1. The third-order valence-electron chi connectivity index (χ3n) is 3.88. The van der Waals surface area contributed by atoms with Crippen molar-refractivity contribution in [2.24, 2.45) is 0 Å². The van der Waals surface area contributed by atoms with E-state index in [1.807, 2.05) is 0 Å². The van der Waals surface area contributed by atoms with Crippen LogP contribution in [-0.4, -0.2) is 39.2 Å². The van der Waals surface area contributed by atoms with Gasteiger partial charge >= 0.3 is 0 Å². The summed E-state index contributed by atoms with van der Waals surface area (Å²) < 4.78 is 5.78. The fourth-order valence-electron chi connectivity index (χ4n) is 2.71. The largest absolute Gasteiger partial charge is 0.424 e. The summed E-state index contributed by atoms with van der Waals surface area (Å²) in [5.41, 5.74) is 0. The minimum atomic E-state index is 0.564. The lowest BCUT2D eigenvalue weighted by Gasteiger charge is -2.22. The van der Waals surface area contributed by atoms with E-state index >= 15 is 0 Å². The number of hydrogen-bond acceptors (Lipinski definition) is 5. The average Bonchev–Trinajstić information content (AvgIpc) is 3.18. The Morgan fingerprint density at radius 1 is 1.26 bits per heavy atom. The van der Waals surface area contributed by atoms with Crippen molar-refractivity contribution in [2.75, 3.05) is 18.8 Å². The standard InChI is InChI=1S/C14H23N3OS/c1-2-19-12-5-3-4-8-17(9-12)10-13-15-16-14(18-13)11-6-7-11/h11-12H,2-10H2,1H3. The molecule has 106 valence electrons. The van der Waals surface area contributed by atoms with Crippen LogP contribution in [0.2, 0.25) is 0 Å². The molecule has 2 fully saturated rings. The van der Waals surface area contributed by atoms with Gasteiger partial charge in [-0.25, -0.2) is 0 Å². The second kappa shape index (κ2) is 6.27. The molecule has 19 heavy (non-hydrogen) atoms. The molecule has 2 heterocycles. The van der Waals surface area contributed by atoms with Crippen LogP contribution in [0.3, 0.4) is 0 Å². The summed E-state index contributed by atoms with van der Waals surface area (Å²) in [6.45, 7) is 5.42. The molecule has 0 radical (unpaired) electrons. The van der Waals surface area contributed by atoms with E-state index in [4.69, 9.17) is 4.42 Å². The number of thioether (sulfide) groups is 1. The van der Waals surface area contributed by atoms with E-state index < -0.39 is 0 Å². The number of rotatable bonds is 5. The zero-order valence-electron chi connectivity index (χ0n) is 11.7. The zero-order chi connectivity index (χ0) is 13.1. The van der Waals surface area contributed by atoms with E-state index in [0.717, 1.165) is 23.6 Å². The molecular formula is C14H23N3OS. The second-order valence-electron chi connectivity index (χ2n) is 5.62. The summed E-state index contributed by atoms with van der Waals surface area (Å²) in [5.74, 6) is 3.45. The van der Waals surface area contributed by atoms with Crippen LogP contribution < -0.4 is 0 Å². The van der Waals surface area contributed by atoms with Gasteiger partial charge in [0, 0.05) is 17.7 Å². The van der Waals surface area contributed by atoms with Crippen molar-refractivity contribution in [2.45, 2.75) is 56.7 Å². The minimum Gasteiger partial charge on any atom is -0.424 e. The molecule has 0 N–H and O–H groups in total. The highest BCUT2D eigenvalue weighted by Crippen LogP contribution is 2.39. The smallest absolute Gasteiger partial charge is 0.230 e. The van der Waals surface area contributed by atoms with Crippen molar-refractivity contribution in [1.82, 2.24) is 15.1 Å². The van der Waals surface area contributed by atoms with Crippen LogP contribution in [0.4, 0.5) is 0 Å². The van der Waals surface area contributed by atoms with E-state index in [9.17, 15) is 0 Å². The number of hydrogen-bond donors (Lipinski definition) is 0. The summed E-state index contributed by atoms with van der Waals surface area (Å²) in [6, 6.07) is 0. The van der Waals surface area contributed by atoms with E-state index in [1.165, 1.54) is 50.9 Å². The second-order valence-corrected chi connectivity index (χ2v) is 7.19. The molecule has 1 aromatic heterocycles. The molecule has 4 nitrogen and oxygen atoms in total. The number of aromatic nitrogens is 2. The normalized spacial score (nSPS) is 25.4. The van der Waals surface area contributed by atoms with Gasteiger partial charge in [0.25, 0.3) is 0 Å². The maximum absolute atomic E-state index is 5.78. The molecule has 0 aromatic carbocycles. The molecular weight excluding hydrogens is 258 g/mol. The van der Waals surface area contributed by atoms with Crippen molar-refractivity contribution in [1.29, 1.82) is 0 Å². The van der Waals surface area contributed by atoms with Crippen molar-refractivity contribution >= 4 is 11.8 Å². The van der Waals surface area contributed by atoms with Crippen molar-refractivity contribution in [3.8, 4) is 0 Å². The van der Waals surface area contributed by atoms with Crippen LogP contribution in [0.15, 0.2) is 4.42 Å². The predicted octanol–water partition coefficient (Wildman–Crippen LogP) is 3.05. The Hall–Kier alpha value is -0.550. The Bertz CT molecular complexity index is 405. The van der Waals surface area contributed by atoms with E-state index in [-0.39, 0.29) is 0 Å². The first-order valence-corrected chi connectivity index (χ1v) is 8.56. The van der Waals surface area contributed by atoms with E-state index in [0.29, 0.717) is 5.92 Å². The molecule has 0 spiro atoms. The fraction of sp³-hybridized carbons (Fsp3) is 0.857. The van der Waals surface area contributed by atoms with Gasteiger partial charge in [-0.3, -0.25) is 4.90 Å². The third kappa shape index (κ3) is 3.72. The summed E-state index contributed by atoms with van der Waals surface area (Å²) in [4.78, 5) is 2.49. The Kier molecular flexibility index (Phi) is 4.43. The lowest BCUT2D eigenvalue weighted by molar-refractivity contribution is 0.247. The first kappa shape index (κ1) is 13.4. The summed E-state index contributed by atoms with van der Waals surface area (Å²) in [6.07, 6.45) is 6.45. The monoisotopic (exact) mass is 281 g/mol. The first-order valence-electron chi connectivity index (χ1n) is 7.51. The Labute approximate surface area is 119 Å². The van der Waals surface area contributed by atoms with Crippen molar-refractivity contribution < 1.29 is 4.42 Å². The molecule has 3 rings (SSSR count). The van der Waals surface area contributed by atoms with Gasteiger partial charge in [-0.05, 0) is 38.0 Å². The maximum Gasteiger partial charge on any atom is 0.230 e. The molecule has 1 aliphatic heterocycles. The van der Waals surface area contributed by atoms with Crippen molar-refractivity contribution in [3.63, 3.8) is 0 Å². The van der Waals surface area contributed by atoms with Gasteiger partial charge in [-0.15, -0.1) is 10.2 Å². The van der Waals surface area contributed by atoms with Crippen LogP contribution >= 0.6 is 11.8 Å². The minimum absolute atomic E-state index is 0.564. The van der Waals surface area contributed by atoms with Gasteiger partial charge in [0.05, 0.1) is 6.54 Å². The summed E-state index contributed by atoms with van der Waals surface area (Å²) >= 11 is 2.09. The average molecular weight is 281 g/mol. The molecule has 1 unspecified atom stereocenters. The fourth-order valence-corrected chi connectivity index (χ4v) is 3.83. The molecule has 0 bridgehead atoms. The van der Waals surface area contributed by atoms with Gasteiger partial charge in [-0.1, -0.05) is 13.3 Å². The Balaban J connectivity index is 1.56. The lowest BCUT2D eigenvalue weighted by Crippen LogP contribution is -2.29. The molecule has 1 aromatic rings. The highest BCUT2D eigenvalue weighted by Gasteiger charge is 2.29. The van der Waals surface area contributed by atoms with Gasteiger partial charge in [0.15, 0.2) is 0 Å². The SMILES string of the molecule is CCSC1CCCCN(Cc2nnc(C3CC3)o2)C1. The van der Waals surface area contributed by atoms with Gasteiger partial charge in [0.2, 0.25) is 11.8 Å². The van der Waals surface area contributed by atoms with Crippen LogP contribution in [0.25, 0.3) is 0 Å². The molecule has 1 saturated heterocycles. The Morgan fingerprint density at radius 2 is 2.16 bits per heavy atom. The molecule has 0 amide bonds. The lowest BCUT2D eigenvalue weighted by atomic mass is 10.2. The molecule has 5 heteroatoms. The predicted molar refractivity (Wildman–Crippen MR) is 77.3 cm³/mol. The van der Waals surface area contributed by atoms with Gasteiger partial charge in [0.1, 0.15) is 0 Å². The summed E-state index contributed by atoms with van der Waals surface area (Å²) in [5, 5.41) is 9.16. The van der Waals surface area contributed by atoms with Crippen LogP contribution in [0, 0.1) is 0 Å². The highest BCUT2D eigenvalue weighted by atomic mass is 32.2. The zero-order valence-corrected chi connectivity index (χ0v) is 12.5. The van der Waals surface area contributed by atoms with Crippen LogP contribution in [0.5, 0.6) is 0 Å². The first-order chi connectivity index (χ1) is 9.35. The molecule has 1 atom stereocenters. The van der Waals surface area contributed by atoms with Crippen LogP contribution in [-0.2, 0) is 6.54 Å². The number of nitrogens with zero attached hydrogens (tertiary/aromatic N) is 3. The topological polar surface area (TPSA) is 42.2 Å². The van der Waals surface area contributed by atoms with Gasteiger partial charge in [-0.2, -0.15) is 11.8 Å². The highest BCUT2D eigenvalue weighted by molar-refractivity contribution is 7.99. The molecule has 1 aliphatic carbocycles. The third-order valence-corrected chi connectivity index (χ3v) is 5.07. The van der Waals surface area contributed by atoms with Crippen molar-refractivity contribution in [3.05, 3.63) is 11.8 Å².